The van der Waals surface area contributed by atoms with Crippen LogP contribution in [0.4, 0.5) is 5.82 Å². The summed E-state index contributed by atoms with van der Waals surface area (Å²) in [7, 11) is 0. The predicted octanol–water partition coefficient (Wildman–Crippen LogP) is 2.78. The number of aryl methyl sites for hydroxylation is 2. The van der Waals surface area contributed by atoms with Gasteiger partial charge in [-0.2, -0.15) is 10.2 Å². The van der Waals surface area contributed by atoms with E-state index in [0.717, 1.165) is 16.9 Å². The molecule has 0 aliphatic rings. The Morgan fingerprint density at radius 1 is 1.16 bits per heavy atom. The van der Waals surface area contributed by atoms with E-state index in [0.29, 0.717) is 17.0 Å². The molecule has 0 atom stereocenters. The highest BCUT2D eigenvalue weighted by Gasteiger charge is 2.17. The maximum atomic E-state index is 12.7. The van der Waals surface area contributed by atoms with E-state index in [1.165, 1.54) is 6.20 Å². The van der Waals surface area contributed by atoms with Gasteiger partial charge in [-0.3, -0.25) is 4.79 Å². The molecule has 3 heterocycles. The third kappa shape index (κ3) is 2.76. The molecule has 0 saturated carbocycles. The van der Waals surface area contributed by atoms with E-state index in [1.807, 2.05) is 44.2 Å². The second-order valence-electron chi connectivity index (χ2n) is 5.82. The van der Waals surface area contributed by atoms with Gasteiger partial charge in [0.1, 0.15) is 11.4 Å². The molecule has 0 saturated heterocycles. The topological polar surface area (TPSA) is 77.1 Å². The first-order valence-corrected chi connectivity index (χ1v) is 7.85. The average molecular weight is 332 g/mol. The molecule has 4 aromatic rings. The van der Waals surface area contributed by atoms with Crippen LogP contribution < -0.4 is 5.32 Å². The lowest BCUT2D eigenvalue weighted by atomic mass is 10.2. The lowest BCUT2D eigenvalue weighted by Gasteiger charge is -2.09. The van der Waals surface area contributed by atoms with Crippen molar-refractivity contribution in [3.63, 3.8) is 0 Å². The van der Waals surface area contributed by atoms with Crippen molar-refractivity contribution in [2.24, 2.45) is 0 Å². The number of amides is 1. The molecule has 25 heavy (non-hydrogen) atoms. The SMILES string of the molecule is Cc1cccc(-n2nc(C)cc2NC(=O)c2cnn3cccnc23)c1. The molecule has 0 spiro atoms. The van der Waals surface area contributed by atoms with E-state index in [-0.39, 0.29) is 5.91 Å². The van der Waals surface area contributed by atoms with E-state index in [1.54, 1.807) is 27.7 Å². The summed E-state index contributed by atoms with van der Waals surface area (Å²) in [6.45, 7) is 3.90. The van der Waals surface area contributed by atoms with Crippen LogP contribution >= 0.6 is 0 Å². The van der Waals surface area contributed by atoms with Gasteiger partial charge in [-0.1, -0.05) is 12.1 Å². The highest BCUT2D eigenvalue weighted by atomic mass is 16.1. The lowest BCUT2D eigenvalue weighted by Crippen LogP contribution is -2.15. The summed E-state index contributed by atoms with van der Waals surface area (Å²) < 4.78 is 3.29. The molecule has 7 heteroatoms. The van der Waals surface area contributed by atoms with Crippen LogP contribution in [-0.2, 0) is 0 Å². The van der Waals surface area contributed by atoms with Crippen molar-refractivity contribution in [1.82, 2.24) is 24.4 Å². The number of benzene rings is 1. The summed E-state index contributed by atoms with van der Waals surface area (Å²) in [5.74, 6) is 0.325. The number of carbonyl (C=O) groups excluding carboxylic acids is 1. The minimum absolute atomic E-state index is 0.275. The maximum Gasteiger partial charge on any atom is 0.262 e. The Morgan fingerprint density at radius 2 is 2.04 bits per heavy atom. The first-order chi connectivity index (χ1) is 12.1. The van der Waals surface area contributed by atoms with Crippen molar-refractivity contribution < 1.29 is 4.79 Å². The first kappa shape index (κ1) is 15.1. The Kier molecular flexibility index (Phi) is 3.53. The van der Waals surface area contributed by atoms with Gasteiger partial charge in [-0.25, -0.2) is 14.2 Å². The Bertz CT molecular complexity index is 1080. The van der Waals surface area contributed by atoms with Crippen LogP contribution in [0.1, 0.15) is 21.6 Å². The maximum absolute atomic E-state index is 12.7. The van der Waals surface area contributed by atoms with Crippen LogP contribution in [0.15, 0.2) is 55.0 Å². The smallest absolute Gasteiger partial charge is 0.262 e. The summed E-state index contributed by atoms with van der Waals surface area (Å²) in [4.78, 5) is 16.9. The van der Waals surface area contributed by atoms with Crippen molar-refractivity contribution in [1.29, 1.82) is 0 Å². The zero-order valence-electron chi connectivity index (χ0n) is 13.8. The van der Waals surface area contributed by atoms with Crippen LogP contribution in [0.25, 0.3) is 11.3 Å². The van der Waals surface area contributed by atoms with Crippen molar-refractivity contribution in [3.05, 3.63) is 71.8 Å². The van der Waals surface area contributed by atoms with E-state index in [4.69, 9.17) is 0 Å². The van der Waals surface area contributed by atoms with Crippen LogP contribution in [0.2, 0.25) is 0 Å². The molecule has 0 radical (unpaired) electrons. The summed E-state index contributed by atoms with van der Waals surface area (Å²) in [6, 6.07) is 11.5. The Morgan fingerprint density at radius 3 is 2.88 bits per heavy atom. The molecule has 0 aliphatic heterocycles. The van der Waals surface area contributed by atoms with Gasteiger partial charge in [0.15, 0.2) is 5.65 Å². The number of carbonyl (C=O) groups is 1. The number of anilines is 1. The second kappa shape index (κ2) is 5.86. The minimum atomic E-state index is -0.275. The predicted molar refractivity (Wildman–Crippen MR) is 94.0 cm³/mol. The number of rotatable bonds is 3. The van der Waals surface area contributed by atoms with Gasteiger partial charge in [-0.15, -0.1) is 0 Å². The van der Waals surface area contributed by atoms with Gasteiger partial charge in [-0.05, 0) is 37.6 Å². The fourth-order valence-electron chi connectivity index (χ4n) is 2.72. The summed E-state index contributed by atoms with van der Waals surface area (Å²) in [6.07, 6.45) is 4.90. The molecule has 3 aromatic heterocycles. The number of nitrogens with zero attached hydrogens (tertiary/aromatic N) is 5. The summed E-state index contributed by atoms with van der Waals surface area (Å²) >= 11 is 0. The van der Waals surface area contributed by atoms with Crippen LogP contribution in [0.5, 0.6) is 0 Å². The van der Waals surface area contributed by atoms with Gasteiger partial charge < -0.3 is 5.32 Å². The van der Waals surface area contributed by atoms with Gasteiger partial charge in [0, 0.05) is 18.5 Å². The van der Waals surface area contributed by atoms with Crippen molar-refractivity contribution >= 4 is 17.4 Å². The zero-order valence-corrected chi connectivity index (χ0v) is 13.8. The standard InChI is InChI=1S/C18H16N6O/c1-12-5-3-6-14(9-12)24-16(10-13(2)22-24)21-18(25)15-11-20-23-8-4-7-19-17(15)23/h3-11H,1-2H3,(H,21,25). The van der Waals surface area contributed by atoms with E-state index in [9.17, 15) is 4.79 Å². The minimum Gasteiger partial charge on any atom is -0.306 e. The number of hydrogen-bond donors (Lipinski definition) is 1. The molecule has 0 aliphatic carbocycles. The molecule has 7 nitrogen and oxygen atoms in total. The fraction of sp³-hybridized carbons (Fsp3) is 0.111. The third-order valence-electron chi connectivity index (χ3n) is 3.84. The Balaban J connectivity index is 1.70. The molecule has 124 valence electrons. The zero-order chi connectivity index (χ0) is 17.4. The van der Waals surface area contributed by atoms with Gasteiger partial charge in [0.05, 0.1) is 17.6 Å². The molecular weight excluding hydrogens is 316 g/mol. The van der Waals surface area contributed by atoms with Crippen molar-refractivity contribution in [3.8, 4) is 5.69 Å². The van der Waals surface area contributed by atoms with Crippen molar-refractivity contribution in [2.75, 3.05) is 5.32 Å². The molecule has 0 bridgehead atoms. The quantitative estimate of drug-likeness (QED) is 0.626. The van der Waals surface area contributed by atoms with Crippen molar-refractivity contribution in [2.45, 2.75) is 13.8 Å². The Labute approximate surface area is 143 Å². The average Bonchev–Trinajstić information content (AvgIpc) is 3.18. The number of hydrogen-bond acceptors (Lipinski definition) is 4. The highest BCUT2D eigenvalue weighted by molar-refractivity contribution is 6.07. The van der Waals surface area contributed by atoms with Gasteiger partial charge in [0.2, 0.25) is 0 Å². The molecule has 1 amide bonds. The highest BCUT2D eigenvalue weighted by Crippen LogP contribution is 2.19. The molecular formula is C18H16N6O. The molecule has 1 aromatic carbocycles. The van der Waals surface area contributed by atoms with E-state index in [2.05, 4.69) is 20.5 Å². The largest absolute Gasteiger partial charge is 0.306 e. The van der Waals surface area contributed by atoms with Gasteiger partial charge >= 0.3 is 0 Å². The van der Waals surface area contributed by atoms with E-state index < -0.39 is 0 Å². The van der Waals surface area contributed by atoms with E-state index >= 15 is 0 Å². The van der Waals surface area contributed by atoms with Crippen LogP contribution in [0.3, 0.4) is 0 Å². The second-order valence-corrected chi connectivity index (χ2v) is 5.82. The molecule has 0 unspecified atom stereocenters. The molecule has 1 N–H and O–H groups in total. The van der Waals surface area contributed by atoms with Crippen LogP contribution in [-0.4, -0.2) is 30.3 Å². The first-order valence-electron chi connectivity index (χ1n) is 7.85. The lowest BCUT2D eigenvalue weighted by molar-refractivity contribution is 0.102. The van der Waals surface area contributed by atoms with Crippen LogP contribution in [0, 0.1) is 13.8 Å². The molecule has 4 rings (SSSR count). The van der Waals surface area contributed by atoms with Gasteiger partial charge in [0.25, 0.3) is 5.91 Å². The summed E-state index contributed by atoms with van der Waals surface area (Å²) in [5, 5.41) is 11.5. The molecule has 0 fully saturated rings. The summed E-state index contributed by atoms with van der Waals surface area (Å²) in [5.41, 5.74) is 3.75. The monoisotopic (exact) mass is 332 g/mol. The fourth-order valence-corrected chi connectivity index (χ4v) is 2.72. The number of nitrogens with one attached hydrogen (secondary N) is 1. The number of fused-ring (bicyclic) bond motifs is 1. The normalized spacial score (nSPS) is 11.0. The Hall–Kier alpha value is -3.48. The number of aromatic nitrogens is 5. The third-order valence-corrected chi connectivity index (χ3v) is 3.84.